The molecule has 0 saturated heterocycles. The zero-order valence-corrected chi connectivity index (χ0v) is 11.9. The van der Waals surface area contributed by atoms with E-state index in [0.717, 1.165) is 28.0 Å². The van der Waals surface area contributed by atoms with E-state index in [-0.39, 0.29) is 5.97 Å². The average Bonchev–Trinajstić information content (AvgIpc) is 2.27. The first-order valence-electron chi connectivity index (χ1n) is 5.92. The first-order valence-corrected chi connectivity index (χ1v) is 5.92. The molecule has 0 radical (unpaired) electrons. The van der Waals surface area contributed by atoms with Gasteiger partial charge in [-0.05, 0) is 62.9 Å². The third-order valence-electron chi connectivity index (χ3n) is 2.65. The van der Waals surface area contributed by atoms with Crippen molar-refractivity contribution in [1.82, 2.24) is 0 Å². The van der Waals surface area contributed by atoms with Gasteiger partial charge in [-0.25, -0.2) is 0 Å². The Balaban J connectivity index is 3.19. The van der Waals surface area contributed by atoms with Gasteiger partial charge in [0.25, 0.3) is 0 Å². The summed E-state index contributed by atoms with van der Waals surface area (Å²) in [7, 11) is 0. The van der Waals surface area contributed by atoms with Crippen LogP contribution in [-0.2, 0) is 4.79 Å². The van der Waals surface area contributed by atoms with Crippen LogP contribution in [0.15, 0.2) is 17.9 Å². The lowest BCUT2D eigenvalue weighted by Crippen LogP contribution is -2.06. The van der Waals surface area contributed by atoms with Crippen LogP contribution in [0.25, 0.3) is 0 Å². The molecule has 18 heavy (non-hydrogen) atoms. The van der Waals surface area contributed by atoms with Gasteiger partial charge in [-0.2, -0.15) is 0 Å². The SMILES string of the molecule is CC(=O)Oc1c(C)cc(OC=C(C)C)c(C)c1C. The Kier molecular flexibility index (Phi) is 4.54. The molecule has 0 atom stereocenters. The van der Waals surface area contributed by atoms with Crippen LogP contribution in [0.1, 0.15) is 37.5 Å². The number of esters is 1. The van der Waals surface area contributed by atoms with Gasteiger partial charge in [-0.15, -0.1) is 0 Å². The Morgan fingerprint density at radius 1 is 1.11 bits per heavy atom. The van der Waals surface area contributed by atoms with E-state index < -0.39 is 0 Å². The first-order chi connectivity index (χ1) is 8.32. The van der Waals surface area contributed by atoms with Crippen LogP contribution >= 0.6 is 0 Å². The largest absolute Gasteiger partial charge is 0.465 e. The van der Waals surface area contributed by atoms with Gasteiger partial charge in [0.2, 0.25) is 0 Å². The Labute approximate surface area is 108 Å². The van der Waals surface area contributed by atoms with Crippen LogP contribution in [0, 0.1) is 20.8 Å². The number of ether oxygens (including phenoxy) is 2. The summed E-state index contributed by atoms with van der Waals surface area (Å²) in [5.74, 6) is 1.12. The number of aryl methyl sites for hydroxylation is 1. The van der Waals surface area contributed by atoms with Gasteiger partial charge in [0.1, 0.15) is 11.5 Å². The summed E-state index contributed by atoms with van der Waals surface area (Å²) >= 11 is 0. The Bertz CT molecular complexity index is 495. The number of benzene rings is 1. The van der Waals surface area contributed by atoms with Gasteiger partial charge in [-0.3, -0.25) is 4.79 Å². The second-order valence-electron chi connectivity index (χ2n) is 4.68. The third kappa shape index (κ3) is 3.36. The highest BCUT2D eigenvalue weighted by Crippen LogP contribution is 2.33. The van der Waals surface area contributed by atoms with E-state index >= 15 is 0 Å². The zero-order valence-electron chi connectivity index (χ0n) is 11.9. The minimum absolute atomic E-state index is 0.307. The quantitative estimate of drug-likeness (QED) is 0.463. The van der Waals surface area contributed by atoms with Gasteiger partial charge in [0, 0.05) is 6.92 Å². The number of hydrogen-bond acceptors (Lipinski definition) is 3. The molecule has 0 bridgehead atoms. The molecule has 0 heterocycles. The molecule has 0 saturated carbocycles. The fourth-order valence-corrected chi connectivity index (χ4v) is 1.63. The number of carbonyl (C=O) groups excluding carboxylic acids is 1. The standard InChI is InChI=1S/C15H20O3/c1-9(2)8-17-14-7-10(3)15(18-13(6)16)12(5)11(14)4/h7-8H,1-6H3. The van der Waals surface area contributed by atoms with Crippen molar-refractivity contribution < 1.29 is 14.3 Å². The molecule has 0 aliphatic carbocycles. The monoisotopic (exact) mass is 248 g/mol. The van der Waals surface area contributed by atoms with Gasteiger partial charge < -0.3 is 9.47 Å². The lowest BCUT2D eigenvalue weighted by molar-refractivity contribution is -0.131. The summed E-state index contributed by atoms with van der Waals surface area (Å²) in [6.45, 7) is 11.1. The molecule has 0 aliphatic heterocycles. The van der Waals surface area contributed by atoms with E-state index in [1.807, 2.05) is 40.7 Å². The van der Waals surface area contributed by atoms with Crippen LogP contribution in [0.5, 0.6) is 11.5 Å². The molecule has 0 spiro atoms. The summed E-state index contributed by atoms with van der Waals surface area (Å²) in [6.07, 6.45) is 1.71. The first kappa shape index (κ1) is 14.3. The molecule has 0 amide bonds. The molecule has 1 aromatic carbocycles. The van der Waals surface area contributed by atoms with Crippen LogP contribution in [0.4, 0.5) is 0 Å². The van der Waals surface area contributed by atoms with Crippen LogP contribution in [0.2, 0.25) is 0 Å². The lowest BCUT2D eigenvalue weighted by atomic mass is 10.0. The third-order valence-corrected chi connectivity index (χ3v) is 2.65. The normalized spacial score (nSPS) is 9.89. The molecule has 0 fully saturated rings. The number of hydrogen-bond donors (Lipinski definition) is 0. The number of rotatable bonds is 3. The van der Waals surface area contributed by atoms with E-state index in [2.05, 4.69) is 0 Å². The average molecular weight is 248 g/mol. The van der Waals surface area contributed by atoms with Crippen molar-refractivity contribution in [3.05, 3.63) is 34.6 Å². The van der Waals surface area contributed by atoms with Crippen molar-refractivity contribution in [1.29, 1.82) is 0 Å². The van der Waals surface area contributed by atoms with Crippen molar-refractivity contribution >= 4 is 5.97 Å². The van der Waals surface area contributed by atoms with Crippen molar-refractivity contribution in [2.24, 2.45) is 0 Å². The maximum Gasteiger partial charge on any atom is 0.308 e. The molecular weight excluding hydrogens is 228 g/mol. The van der Waals surface area contributed by atoms with Crippen molar-refractivity contribution in [2.75, 3.05) is 0 Å². The molecular formula is C15H20O3. The van der Waals surface area contributed by atoms with Gasteiger partial charge in [0.05, 0.1) is 6.26 Å². The van der Waals surface area contributed by atoms with Crippen LogP contribution in [-0.4, -0.2) is 5.97 Å². The van der Waals surface area contributed by atoms with E-state index in [4.69, 9.17) is 9.47 Å². The summed E-state index contributed by atoms with van der Waals surface area (Å²) in [4.78, 5) is 11.1. The second-order valence-corrected chi connectivity index (χ2v) is 4.68. The van der Waals surface area contributed by atoms with E-state index in [1.54, 1.807) is 6.26 Å². The maximum absolute atomic E-state index is 11.1. The molecule has 0 N–H and O–H groups in total. The van der Waals surface area contributed by atoms with E-state index in [9.17, 15) is 4.79 Å². The predicted octanol–water partition coefficient (Wildman–Crippen LogP) is 3.84. The molecule has 3 heteroatoms. The van der Waals surface area contributed by atoms with Crippen LogP contribution < -0.4 is 9.47 Å². The maximum atomic E-state index is 11.1. The minimum atomic E-state index is -0.307. The highest BCUT2D eigenvalue weighted by atomic mass is 16.5. The van der Waals surface area contributed by atoms with Gasteiger partial charge >= 0.3 is 5.97 Å². The highest BCUT2D eigenvalue weighted by Gasteiger charge is 2.13. The van der Waals surface area contributed by atoms with Gasteiger partial charge in [0.15, 0.2) is 0 Å². The summed E-state index contributed by atoms with van der Waals surface area (Å²) in [6, 6.07) is 1.89. The van der Waals surface area contributed by atoms with Crippen molar-refractivity contribution in [3.63, 3.8) is 0 Å². The Morgan fingerprint density at radius 3 is 2.22 bits per heavy atom. The van der Waals surface area contributed by atoms with Crippen LogP contribution in [0.3, 0.4) is 0 Å². The van der Waals surface area contributed by atoms with Crippen molar-refractivity contribution in [3.8, 4) is 11.5 Å². The molecule has 3 nitrogen and oxygen atoms in total. The van der Waals surface area contributed by atoms with E-state index in [1.165, 1.54) is 6.92 Å². The smallest absolute Gasteiger partial charge is 0.308 e. The highest BCUT2D eigenvalue weighted by molar-refractivity contribution is 5.71. The summed E-state index contributed by atoms with van der Waals surface area (Å²) < 4.78 is 10.8. The minimum Gasteiger partial charge on any atom is -0.465 e. The molecule has 98 valence electrons. The van der Waals surface area contributed by atoms with Gasteiger partial charge in [-0.1, -0.05) is 0 Å². The number of carbonyl (C=O) groups is 1. The summed E-state index contributed by atoms with van der Waals surface area (Å²) in [5.41, 5.74) is 3.90. The number of allylic oxidation sites excluding steroid dienone is 1. The zero-order chi connectivity index (χ0) is 13.9. The lowest BCUT2D eigenvalue weighted by Gasteiger charge is -2.15. The van der Waals surface area contributed by atoms with Crippen molar-refractivity contribution in [2.45, 2.75) is 41.5 Å². The molecule has 1 rings (SSSR count). The summed E-state index contributed by atoms with van der Waals surface area (Å²) in [5, 5.41) is 0. The molecule has 1 aromatic rings. The fraction of sp³-hybridized carbons (Fsp3) is 0.400. The fourth-order valence-electron chi connectivity index (χ4n) is 1.63. The second kappa shape index (κ2) is 5.71. The topological polar surface area (TPSA) is 35.5 Å². The Morgan fingerprint density at radius 2 is 1.72 bits per heavy atom. The predicted molar refractivity (Wildman–Crippen MR) is 72.0 cm³/mol. The molecule has 0 aliphatic rings. The Hall–Kier alpha value is -1.77. The van der Waals surface area contributed by atoms with E-state index in [0.29, 0.717) is 5.75 Å². The molecule has 0 aromatic heterocycles. The molecule has 0 unspecified atom stereocenters.